The van der Waals surface area contributed by atoms with Crippen LogP contribution in [0.15, 0.2) is 36.5 Å². The van der Waals surface area contributed by atoms with Crippen molar-refractivity contribution in [3.05, 3.63) is 47.9 Å². The molecule has 0 bridgehead atoms. The largest absolute Gasteiger partial charge is 0.346 e. The van der Waals surface area contributed by atoms with Gasteiger partial charge in [0.1, 0.15) is 17.3 Å². The van der Waals surface area contributed by atoms with Crippen LogP contribution in [0.2, 0.25) is 0 Å². The van der Waals surface area contributed by atoms with E-state index >= 15 is 0 Å². The smallest absolute Gasteiger partial charge is 0.143 e. The average molecular weight is 238 g/mol. The molecule has 0 saturated carbocycles. The summed E-state index contributed by atoms with van der Waals surface area (Å²) in [6.45, 7) is 3.96. The van der Waals surface area contributed by atoms with Crippen molar-refractivity contribution in [2.45, 2.75) is 13.8 Å². The summed E-state index contributed by atoms with van der Waals surface area (Å²) in [6, 6.07) is 10.2. The van der Waals surface area contributed by atoms with Gasteiger partial charge in [0.2, 0.25) is 0 Å². The second-order valence-electron chi connectivity index (χ2n) is 4.35. The van der Waals surface area contributed by atoms with Gasteiger partial charge in [-0.1, -0.05) is 17.7 Å². The number of H-pyrrole nitrogens is 1. The molecule has 2 heterocycles. The number of hydrogen-bond acceptors (Lipinski definition) is 3. The Morgan fingerprint density at radius 3 is 2.56 bits per heavy atom. The van der Waals surface area contributed by atoms with Gasteiger partial charge in [-0.25, -0.2) is 9.97 Å². The van der Waals surface area contributed by atoms with Gasteiger partial charge in [0, 0.05) is 11.9 Å². The normalized spacial score (nSPS) is 10.8. The number of nitrogens with zero attached hydrogens (tertiary/aromatic N) is 2. The lowest BCUT2D eigenvalue weighted by Crippen LogP contribution is -1.98. The van der Waals surface area contributed by atoms with Crippen LogP contribution < -0.4 is 5.32 Å². The van der Waals surface area contributed by atoms with Crippen molar-refractivity contribution >= 4 is 22.5 Å². The Morgan fingerprint density at radius 2 is 1.78 bits per heavy atom. The predicted octanol–water partition coefficient (Wildman–Crippen LogP) is 3.32. The van der Waals surface area contributed by atoms with Crippen molar-refractivity contribution in [3.63, 3.8) is 0 Å². The molecule has 18 heavy (non-hydrogen) atoms. The van der Waals surface area contributed by atoms with E-state index in [0.29, 0.717) is 0 Å². The second-order valence-corrected chi connectivity index (χ2v) is 4.35. The highest BCUT2D eigenvalue weighted by Crippen LogP contribution is 2.23. The van der Waals surface area contributed by atoms with Gasteiger partial charge >= 0.3 is 0 Å². The molecular formula is C14H14N4. The Balaban J connectivity index is 2.03. The fourth-order valence-electron chi connectivity index (χ4n) is 1.92. The van der Waals surface area contributed by atoms with E-state index in [2.05, 4.69) is 39.3 Å². The molecule has 0 amide bonds. The van der Waals surface area contributed by atoms with Crippen LogP contribution in [0.25, 0.3) is 11.0 Å². The predicted molar refractivity (Wildman–Crippen MR) is 73.1 cm³/mol. The van der Waals surface area contributed by atoms with E-state index < -0.39 is 0 Å². The first kappa shape index (κ1) is 10.8. The van der Waals surface area contributed by atoms with E-state index in [-0.39, 0.29) is 0 Å². The number of aryl methyl sites for hydroxylation is 2. The molecule has 0 fully saturated rings. The molecule has 4 heteroatoms. The van der Waals surface area contributed by atoms with Gasteiger partial charge in [-0.05, 0) is 32.0 Å². The lowest BCUT2D eigenvalue weighted by Gasteiger charge is -2.07. The van der Waals surface area contributed by atoms with E-state index in [0.717, 1.165) is 28.4 Å². The van der Waals surface area contributed by atoms with Gasteiger partial charge in [0.15, 0.2) is 0 Å². The zero-order valence-corrected chi connectivity index (χ0v) is 10.4. The van der Waals surface area contributed by atoms with Crippen LogP contribution in [0.3, 0.4) is 0 Å². The lowest BCUT2D eigenvalue weighted by molar-refractivity contribution is 1.08. The molecule has 0 saturated heterocycles. The first-order chi connectivity index (χ1) is 8.72. The van der Waals surface area contributed by atoms with Gasteiger partial charge in [-0.3, -0.25) is 0 Å². The highest BCUT2D eigenvalue weighted by molar-refractivity contribution is 5.88. The fraction of sp³-hybridized carbons (Fsp3) is 0.143. The average Bonchev–Trinajstić information content (AvgIpc) is 2.80. The van der Waals surface area contributed by atoms with E-state index in [9.17, 15) is 0 Å². The van der Waals surface area contributed by atoms with E-state index in [1.54, 1.807) is 0 Å². The summed E-state index contributed by atoms with van der Waals surface area (Å²) in [5.41, 5.74) is 3.13. The Morgan fingerprint density at radius 1 is 1.00 bits per heavy atom. The van der Waals surface area contributed by atoms with Crippen molar-refractivity contribution in [3.8, 4) is 0 Å². The maximum absolute atomic E-state index is 4.45. The molecule has 0 atom stereocenters. The molecule has 90 valence electrons. The lowest BCUT2D eigenvalue weighted by atomic mass is 10.2. The molecule has 0 radical (unpaired) electrons. The van der Waals surface area contributed by atoms with Gasteiger partial charge in [-0.2, -0.15) is 0 Å². The Hall–Kier alpha value is -2.36. The SMILES string of the molecule is Cc1ccc(Nc2nc(C)nc3[nH]ccc23)cc1. The van der Waals surface area contributed by atoms with Crippen LogP contribution in [0.5, 0.6) is 0 Å². The van der Waals surface area contributed by atoms with Crippen LogP contribution in [0.4, 0.5) is 11.5 Å². The fourth-order valence-corrected chi connectivity index (χ4v) is 1.92. The first-order valence-electron chi connectivity index (χ1n) is 5.88. The van der Waals surface area contributed by atoms with Crippen molar-refractivity contribution in [2.24, 2.45) is 0 Å². The molecule has 1 aromatic carbocycles. The quantitative estimate of drug-likeness (QED) is 0.720. The van der Waals surface area contributed by atoms with Crippen molar-refractivity contribution in [1.82, 2.24) is 15.0 Å². The molecule has 0 aliphatic carbocycles. The monoisotopic (exact) mass is 238 g/mol. The number of fused-ring (bicyclic) bond motifs is 1. The Labute approximate surface area is 105 Å². The van der Waals surface area contributed by atoms with Gasteiger partial charge in [0.25, 0.3) is 0 Å². The summed E-state index contributed by atoms with van der Waals surface area (Å²) < 4.78 is 0. The molecule has 3 rings (SSSR count). The molecular weight excluding hydrogens is 224 g/mol. The maximum atomic E-state index is 4.45. The van der Waals surface area contributed by atoms with Crippen molar-refractivity contribution in [2.75, 3.05) is 5.32 Å². The van der Waals surface area contributed by atoms with E-state index in [1.165, 1.54) is 5.56 Å². The molecule has 3 aromatic rings. The minimum absolute atomic E-state index is 0.750. The van der Waals surface area contributed by atoms with Crippen LogP contribution >= 0.6 is 0 Å². The molecule has 0 aliphatic rings. The first-order valence-corrected chi connectivity index (χ1v) is 5.88. The molecule has 4 nitrogen and oxygen atoms in total. The summed E-state index contributed by atoms with van der Waals surface area (Å²) in [4.78, 5) is 11.9. The topological polar surface area (TPSA) is 53.6 Å². The highest BCUT2D eigenvalue weighted by atomic mass is 15.1. The van der Waals surface area contributed by atoms with Gasteiger partial charge in [-0.15, -0.1) is 0 Å². The third-order valence-electron chi connectivity index (χ3n) is 2.84. The van der Waals surface area contributed by atoms with Crippen LogP contribution in [0, 0.1) is 13.8 Å². The maximum Gasteiger partial charge on any atom is 0.143 e. The number of benzene rings is 1. The standard InChI is InChI=1S/C14H14N4/c1-9-3-5-11(6-4-9)18-14-12-7-8-15-13(12)16-10(2)17-14/h3-8H,1-2H3,(H2,15,16,17,18). The van der Waals surface area contributed by atoms with Crippen molar-refractivity contribution in [1.29, 1.82) is 0 Å². The third kappa shape index (κ3) is 1.93. The number of aromatic amines is 1. The van der Waals surface area contributed by atoms with Gasteiger partial charge in [0.05, 0.1) is 5.39 Å². The number of aromatic nitrogens is 3. The number of hydrogen-bond donors (Lipinski definition) is 2. The highest BCUT2D eigenvalue weighted by Gasteiger charge is 2.06. The number of nitrogens with one attached hydrogen (secondary N) is 2. The molecule has 2 N–H and O–H groups in total. The second kappa shape index (κ2) is 4.14. The summed E-state index contributed by atoms with van der Waals surface area (Å²) in [5, 5.41) is 4.33. The van der Waals surface area contributed by atoms with E-state index in [4.69, 9.17) is 0 Å². The summed E-state index contributed by atoms with van der Waals surface area (Å²) in [5.74, 6) is 1.59. The van der Waals surface area contributed by atoms with Gasteiger partial charge < -0.3 is 10.3 Å². The molecule has 0 spiro atoms. The zero-order valence-electron chi connectivity index (χ0n) is 10.4. The summed E-state index contributed by atoms with van der Waals surface area (Å²) in [6.07, 6.45) is 1.87. The zero-order chi connectivity index (χ0) is 12.5. The van der Waals surface area contributed by atoms with Crippen LogP contribution in [-0.2, 0) is 0 Å². The molecule has 2 aromatic heterocycles. The minimum Gasteiger partial charge on any atom is -0.346 e. The summed E-state index contributed by atoms with van der Waals surface area (Å²) >= 11 is 0. The van der Waals surface area contributed by atoms with Crippen LogP contribution in [-0.4, -0.2) is 15.0 Å². The number of anilines is 2. The molecule has 0 unspecified atom stereocenters. The summed E-state index contributed by atoms with van der Waals surface area (Å²) in [7, 11) is 0. The molecule has 0 aliphatic heterocycles. The third-order valence-corrected chi connectivity index (χ3v) is 2.84. The number of rotatable bonds is 2. The van der Waals surface area contributed by atoms with E-state index in [1.807, 2.05) is 31.3 Å². The minimum atomic E-state index is 0.750. The Bertz CT molecular complexity index is 683. The Kier molecular flexibility index (Phi) is 2.48. The van der Waals surface area contributed by atoms with Crippen molar-refractivity contribution < 1.29 is 0 Å². The van der Waals surface area contributed by atoms with Crippen LogP contribution in [0.1, 0.15) is 11.4 Å².